The van der Waals surface area contributed by atoms with Crippen LogP contribution in [0.1, 0.15) is 12.1 Å². The van der Waals surface area contributed by atoms with Gasteiger partial charge in [-0.3, -0.25) is 24.4 Å². The van der Waals surface area contributed by atoms with E-state index in [9.17, 15) is 19.7 Å². The van der Waals surface area contributed by atoms with Crippen LogP contribution in [0.25, 0.3) is 0 Å². The molecule has 0 aliphatic heterocycles. The highest BCUT2D eigenvalue weighted by Crippen LogP contribution is 2.16. The maximum Gasteiger partial charge on any atom is 0.325 e. The van der Waals surface area contributed by atoms with E-state index in [2.05, 4.69) is 15.2 Å². The summed E-state index contributed by atoms with van der Waals surface area (Å²) in [5.41, 5.74) is 0.292. The van der Waals surface area contributed by atoms with E-state index in [1.807, 2.05) is 0 Å². The molecule has 1 N–H and O–H groups in total. The molecule has 0 unspecified atom stereocenters. The number of hydrogen-bond acceptors (Lipinski definition) is 6. The Bertz CT molecular complexity index is 496. The quantitative estimate of drug-likeness (QED) is 0.434. The number of methoxy groups -OCH3 is 1. The number of esters is 1. The maximum absolute atomic E-state index is 11.4. The first-order chi connectivity index (χ1) is 8.95. The van der Waals surface area contributed by atoms with Crippen molar-refractivity contribution < 1.29 is 19.2 Å². The molecule has 0 spiro atoms. The SMILES string of the molecule is COC(=O)CNC(=O)CCn1ncc([N+](=O)[O-])c1C. The van der Waals surface area contributed by atoms with Crippen molar-refractivity contribution in [2.45, 2.75) is 19.9 Å². The summed E-state index contributed by atoms with van der Waals surface area (Å²) in [5, 5.41) is 16.8. The second kappa shape index (κ2) is 6.47. The average Bonchev–Trinajstić information content (AvgIpc) is 2.74. The van der Waals surface area contributed by atoms with E-state index in [4.69, 9.17) is 0 Å². The van der Waals surface area contributed by atoms with Gasteiger partial charge in [0.2, 0.25) is 5.91 Å². The van der Waals surface area contributed by atoms with Crippen LogP contribution in [0.2, 0.25) is 0 Å². The number of aryl methyl sites for hydroxylation is 1. The lowest BCUT2D eigenvalue weighted by Gasteiger charge is -2.05. The highest BCUT2D eigenvalue weighted by atomic mass is 16.6. The minimum Gasteiger partial charge on any atom is -0.468 e. The van der Waals surface area contributed by atoms with Crippen LogP contribution >= 0.6 is 0 Å². The van der Waals surface area contributed by atoms with Gasteiger partial charge in [0.15, 0.2) is 0 Å². The number of amides is 1. The molecule has 1 aromatic rings. The van der Waals surface area contributed by atoms with Crippen molar-refractivity contribution in [3.05, 3.63) is 22.0 Å². The van der Waals surface area contributed by atoms with Crippen molar-refractivity contribution in [3.8, 4) is 0 Å². The summed E-state index contributed by atoms with van der Waals surface area (Å²) >= 11 is 0. The third-order valence-electron chi connectivity index (χ3n) is 2.48. The summed E-state index contributed by atoms with van der Waals surface area (Å²) in [6.45, 7) is 1.55. The van der Waals surface area contributed by atoms with E-state index in [0.717, 1.165) is 6.20 Å². The van der Waals surface area contributed by atoms with E-state index in [1.165, 1.54) is 11.8 Å². The fourth-order valence-corrected chi connectivity index (χ4v) is 1.38. The second-order valence-electron chi connectivity index (χ2n) is 3.70. The minimum absolute atomic E-state index is 0.0661. The molecule has 0 saturated carbocycles. The molecule has 104 valence electrons. The fourth-order valence-electron chi connectivity index (χ4n) is 1.38. The molecule has 0 atom stereocenters. The van der Waals surface area contributed by atoms with Crippen LogP contribution in [-0.4, -0.2) is 40.2 Å². The van der Waals surface area contributed by atoms with Crippen molar-refractivity contribution in [3.63, 3.8) is 0 Å². The first-order valence-electron chi connectivity index (χ1n) is 5.46. The van der Waals surface area contributed by atoms with Crippen molar-refractivity contribution in [2.75, 3.05) is 13.7 Å². The maximum atomic E-state index is 11.4. The van der Waals surface area contributed by atoms with E-state index in [1.54, 1.807) is 6.92 Å². The van der Waals surface area contributed by atoms with Gasteiger partial charge in [0.1, 0.15) is 18.4 Å². The number of nitrogens with one attached hydrogen (secondary N) is 1. The molecule has 19 heavy (non-hydrogen) atoms. The zero-order valence-electron chi connectivity index (χ0n) is 10.6. The zero-order chi connectivity index (χ0) is 14.4. The fraction of sp³-hybridized carbons (Fsp3) is 0.500. The van der Waals surface area contributed by atoms with Crippen LogP contribution in [0.4, 0.5) is 5.69 Å². The Balaban J connectivity index is 2.46. The van der Waals surface area contributed by atoms with Gasteiger partial charge in [-0.2, -0.15) is 5.10 Å². The predicted molar refractivity (Wildman–Crippen MR) is 63.3 cm³/mol. The van der Waals surface area contributed by atoms with Gasteiger partial charge in [-0.1, -0.05) is 0 Å². The standard InChI is InChI=1S/C10H14N4O5/c1-7-8(14(17)18)5-12-13(7)4-3-9(15)11-6-10(16)19-2/h5H,3-4,6H2,1-2H3,(H,11,15). The number of hydrogen-bond donors (Lipinski definition) is 1. The van der Waals surface area contributed by atoms with Crippen molar-refractivity contribution >= 4 is 17.6 Å². The Labute approximate surface area is 108 Å². The van der Waals surface area contributed by atoms with Gasteiger partial charge in [-0.25, -0.2) is 0 Å². The summed E-state index contributed by atoms with van der Waals surface area (Å²) < 4.78 is 5.74. The van der Waals surface area contributed by atoms with Crippen molar-refractivity contribution in [1.29, 1.82) is 0 Å². The van der Waals surface area contributed by atoms with Gasteiger partial charge in [-0.15, -0.1) is 0 Å². The lowest BCUT2D eigenvalue weighted by molar-refractivity contribution is -0.385. The zero-order valence-corrected chi connectivity index (χ0v) is 10.6. The van der Waals surface area contributed by atoms with E-state index < -0.39 is 10.9 Å². The molecule has 0 aliphatic carbocycles. The van der Waals surface area contributed by atoms with Crippen LogP contribution in [0.3, 0.4) is 0 Å². The van der Waals surface area contributed by atoms with Crippen LogP contribution in [0, 0.1) is 17.0 Å². The van der Waals surface area contributed by atoms with E-state index in [0.29, 0.717) is 5.69 Å². The normalized spacial score (nSPS) is 10.0. The van der Waals surface area contributed by atoms with Crippen LogP contribution in [0.5, 0.6) is 0 Å². The Kier molecular flexibility index (Phi) is 4.98. The summed E-state index contributed by atoms with van der Waals surface area (Å²) in [4.78, 5) is 32.3. The minimum atomic E-state index is -0.542. The van der Waals surface area contributed by atoms with Crippen LogP contribution in [-0.2, 0) is 20.9 Å². The number of carbonyl (C=O) groups is 2. The molecule has 0 fully saturated rings. The average molecular weight is 270 g/mol. The van der Waals surface area contributed by atoms with E-state index >= 15 is 0 Å². The predicted octanol–water partition coefficient (Wildman–Crippen LogP) is -0.221. The molecule has 0 aliphatic rings. The first kappa shape index (κ1) is 14.6. The van der Waals surface area contributed by atoms with Crippen LogP contribution in [0.15, 0.2) is 6.20 Å². The smallest absolute Gasteiger partial charge is 0.325 e. The van der Waals surface area contributed by atoms with Gasteiger partial charge in [0, 0.05) is 6.42 Å². The molecule has 0 radical (unpaired) electrons. The Morgan fingerprint density at radius 3 is 2.79 bits per heavy atom. The monoisotopic (exact) mass is 270 g/mol. The van der Waals surface area contributed by atoms with Gasteiger partial charge in [0.25, 0.3) is 0 Å². The number of nitrogens with zero attached hydrogens (tertiary/aromatic N) is 3. The van der Waals surface area contributed by atoms with E-state index in [-0.39, 0.29) is 31.1 Å². The first-order valence-corrected chi connectivity index (χ1v) is 5.46. The number of carbonyl (C=O) groups excluding carboxylic acids is 2. The van der Waals surface area contributed by atoms with Gasteiger partial charge in [-0.05, 0) is 6.92 Å². The Morgan fingerprint density at radius 2 is 2.26 bits per heavy atom. The lowest BCUT2D eigenvalue weighted by atomic mass is 10.3. The number of aromatic nitrogens is 2. The molecule has 9 heteroatoms. The summed E-state index contributed by atoms with van der Waals surface area (Å²) in [6.07, 6.45) is 1.21. The molecule has 1 rings (SSSR count). The molecule has 1 amide bonds. The largest absolute Gasteiger partial charge is 0.468 e. The molecule has 9 nitrogen and oxygen atoms in total. The van der Waals surface area contributed by atoms with Gasteiger partial charge in [0.05, 0.1) is 18.6 Å². The molecule has 0 aromatic carbocycles. The number of rotatable bonds is 6. The van der Waals surface area contributed by atoms with Gasteiger partial charge < -0.3 is 10.1 Å². The van der Waals surface area contributed by atoms with Gasteiger partial charge >= 0.3 is 11.7 Å². The topological polar surface area (TPSA) is 116 Å². The van der Waals surface area contributed by atoms with Crippen LogP contribution < -0.4 is 5.32 Å². The molecular formula is C10H14N4O5. The molecule has 0 bridgehead atoms. The molecule has 0 saturated heterocycles. The lowest BCUT2D eigenvalue weighted by Crippen LogP contribution is -2.30. The highest BCUT2D eigenvalue weighted by molar-refractivity contribution is 5.81. The third kappa shape index (κ3) is 4.05. The summed E-state index contributed by atoms with van der Waals surface area (Å²) in [5.74, 6) is -0.901. The number of ether oxygens (including phenoxy) is 1. The highest BCUT2D eigenvalue weighted by Gasteiger charge is 2.16. The summed E-state index contributed by atoms with van der Waals surface area (Å²) in [6, 6.07) is 0. The second-order valence-corrected chi connectivity index (χ2v) is 3.70. The molecular weight excluding hydrogens is 256 g/mol. The van der Waals surface area contributed by atoms with Crippen molar-refractivity contribution in [2.24, 2.45) is 0 Å². The summed E-state index contributed by atoms with van der Waals surface area (Å²) in [7, 11) is 1.22. The van der Waals surface area contributed by atoms with Crippen molar-refractivity contribution in [1.82, 2.24) is 15.1 Å². The Hall–Kier alpha value is -2.45. The Morgan fingerprint density at radius 1 is 1.58 bits per heavy atom. The third-order valence-corrected chi connectivity index (χ3v) is 2.48. The molecule has 1 aromatic heterocycles. The molecule has 1 heterocycles. The number of nitro groups is 1.